The Morgan fingerprint density at radius 1 is 0.964 bits per heavy atom. The first-order valence-corrected chi connectivity index (χ1v) is 10.5. The molecule has 0 saturated carbocycles. The molecule has 142 valence electrons. The molecule has 1 aromatic carbocycles. The highest BCUT2D eigenvalue weighted by atomic mass is 35.5. The van der Waals surface area contributed by atoms with E-state index in [1.807, 2.05) is 34.2 Å². The summed E-state index contributed by atoms with van der Waals surface area (Å²) in [6, 6.07) is 12.1. The van der Waals surface area contributed by atoms with Crippen LogP contribution in [-0.2, 0) is 0 Å². The van der Waals surface area contributed by atoms with Crippen LogP contribution in [-0.4, -0.2) is 46.0 Å². The van der Waals surface area contributed by atoms with Gasteiger partial charge in [0, 0.05) is 47.8 Å². The number of hydrogen-bond donors (Lipinski definition) is 0. The van der Waals surface area contributed by atoms with E-state index in [9.17, 15) is 0 Å². The van der Waals surface area contributed by atoms with Crippen LogP contribution < -0.4 is 9.80 Å². The van der Waals surface area contributed by atoms with Gasteiger partial charge in [0.1, 0.15) is 5.82 Å². The van der Waals surface area contributed by atoms with Crippen LogP contribution in [0.2, 0.25) is 5.02 Å². The molecule has 0 aliphatic carbocycles. The van der Waals surface area contributed by atoms with Gasteiger partial charge in [-0.2, -0.15) is 15.9 Å². The van der Waals surface area contributed by atoms with Crippen molar-refractivity contribution in [3.8, 4) is 11.4 Å². The largest absolute Gasteiger partial charge is 0.368 e. The summed E-state index contributed by atoms with van der Waals surface area (Å²) in [6.07, 6.45) is 0. The van der Waals surface area contributed by atoms with E-state index in [0.29, 0.717) is 0 Å². The van der Waals surface area contributed by atoms with Crippen LogP contribution in [0, 0.1) is 6.92 Å². The normalized spacial score (nSPS) is 14.8. The number of hydrogen-bond acceptors (Lipinski definition) is 6. The third-order valence-corrected chi connectivity index (χ3v) is 6.06. The molecule has 1 aliphatic heterocycles. The predicted octanol–water partition coefficient (Wildman–Crippen LogP) is 4.14. The Morgan fingerprint density at radius 2 is 1.79 bits per heavy atom. The zero-order valence-electron chi connectivity index (χ0n) is 15.4. The van der Waals surface area contributed by atoms with Crippen LogP contribution in [0.5, 0.6) is 0 Å². The SMILES string of the molecule is Cc1ccc(Cl)cc1N1CCN(c2ccc3nnc(-c4ccsc4)n3n2)CC1. The molecule has 0 bridgehead atoms. The fraction of sp³-hybridized carbons (Fsp3) is 0.250. The molecule has 1 fully saturated rings. The lowest BCUT2D eigenvalue weighted by Crippen LogP contribution is -2.47. The van der Waals surface area contributed by atoms with Crippen molar-refractivity contribution in [3.63, 3.8) is 0 Å². The van der Waals surface area contributed by atoms with Gasteiger partial charge in [-0.25, -0.2) is 0 Å². The first-order valence-electron chi connectivity index (χ1n) is 9.20. The zero-order chi connectivity index (χ0) is 19.1. The fourth-order valence-corrected chi connectivity index (χ4v) is 4.42. The van der Waals surface area contributed by atoms with Crippen LogP contribution in [0.25, 0.3) is 17.0 Å². The molecule has 6 nitrogen and oxygen atoms in total. The molecular weight excluding hydrogens is 392 g/mol. The smallest absolute Gasteiger partial charge is 0.186 e. The van der Waals surface area contributed by atoms with E-state index in [1.54, 1.807) is 11.3 Å². The molecule has 5 rings (SSSR count). The number of thiophene rings is 1. The predicted molar refractivity (Wildman–Crippen MR) is 115 cm³/mol. The van der Waals surface area contributed by atoms with E-state index in [1.165, 1.54) is 11.3 Å². The number of nitrogens with zero attached hydrogens (tertiary/aromatic N) is 6. The number of aryl methyl sites for hydroxylation is 1. The number of halogens is 1. The minimum Gasteiger partial charge on any atom is -0.368 e. The first-order chi connectivity index (χ1) is 13.7. The third-order valence-electron chi connectivity index (χ3n) is 5.14. The molecular formula is C20H19ClN6S. The molecule has 0 spiro atoms. The second kappa shape index (κ2) is 7.07. The number of anilines is 2. The van der Waals surface area contributed by atoms with Gasteiger partial charge in [0.05, 0.1) is 0 Å². The topological polar surface area (TPSA) is 49.6 Å². The van der Waals surface area contributed by atoms with Crippen molar-refractivity contribution in [1.82, 2.24) is 19.8 Å². The molecule has 28 heavy (non-hydrogen) atoms. The Hall–Kier alpha value is -2.64. The van der Waals surface area contributed by atoms with Gasteiger partial charge < -0.3 is 9.80 Å². The van der Waals surface area contributed by atoms with Gasteiger partial charge in [-0.1, -0.05) is 17.7 Å². The van der Waals surface area contributed by atoms with E-state index in [2.05, 4.69) is 44.4 Å². The average Bonchev–Trinajstić information content (AvgIpc) is 3.39. The van der Waals surface area contributed by atoms with Crippen molar-refractivity contribution >= 4 is 40.1 Å². The molecule has 4 heterocycles. The fourth-order valence-electron chi connectivity index (χ4n) is 3.62. The molecule has 0 amide bonds. The summed E-state index contributed by atoms with van der Waals surface area (Å²) in [5.74, 6) is 1.73. The molecule has 8 heteroatoms. The molecule has 1 saturated heterocycles. The van der Waals surface area contributed by atoms with Gasteiger partial charge >= 0.3 is 0 Å². The molecule has 0 N–H and O–H groups in total. The van der Waals surface area contributed by atoms with Gasteiger partial charge in [-0.3, -0.25) is 0 Å². The lowest BCUT2D eigenvalue weighted by atomic mass is 10.1. The third kappa shape index (κ3) is 3.10. The highest BCUT2D eigenvalue weighted by molar-refractivity contribution is 7.08. The van der Waals surface area contributed by atoms with E-state index in [0.717, 1.165) is 54.1 Å². The van der Waals surface area contributed by atoms with Crippen molar-refractivity contribution in [2.75, 3.05) is 36.0 Å². The summed E-state index contributed by atoms with van der Waals surface area (Å²) in [4.78, 5) is 4.71. The van der Waals surface area contributed by atoms with Crippen molar-refractivity contribution < 1.29 is 0 Å². The number of aromatic nitrogens is 4. The van der Waals surface area contributed by atoms with Crippen LogP contribution in [0.15, 0.2) is 47.2 Å². The Labute approximate surface area is 172 Å². The average molecular weight is 411 g/mol. The molecule has 1 aliphatic rings. The van der Waals surface area contributed by atoms with Crippen LogP contribution in [0.1, 0.15) is 5.56 Å². The summed E-state index contributed by atoms with van der Waals surface area (Å²) < 4.78 is 1.84. The van der Waals surface area contributed by atoms with Crippen LogP contribution in [0.4, 0.5) is 11.5 Å². The quantitative estimate of drug-likeness (QED) is 0.508. The van der Waals surface area contributed by atoms with Crippen molar-refractivity contribution in [1.29, 1.82) is 0 Å². The molecule has 0 radical (unpaired) electrons. The number of piperazine rings is 1. The molecule has 0 unspecified atom stereocenters. The van der Waals surface area contributed by atoms with Gasteiger partial charge in [0.25, 0.3) is 0 Å². The van der Waals surface area contributed by atoms with E-state index >= 15 is 0 Å². The Balaban J connectivity index is 1.38. The molecule has 4 aromatic rings. The Kier molecular flexibility index (Phi) is 4.41. The lowest BCUT2D eigenvalue weighted by molar-refractivity contribution is 0.641. The summed E-state index contributed by atoms with van der Waals surface area (Å²) >= 11 is 7.85. The van der Waals surface area contributed by atoms with Crippen molar-refractivity contribution in [3.05, 3.63) is 57.7 Å². The van der Waals surface area contributed by atoms with E-state index < -0.39 is 0 Å². The summed E-state index contributed by atoms with van der Waals surface area (Å²) in [6.45, 7) is 5.80. The maximum Gasteiger partial charge on any atom is 0.186 e. The molecule has 0 atom stereocenters. The number of benzene rings is 1. The maximum atomic E-state index is 6.20. The van der Waals surface area contributed by atoms with Crippen molar-refractivity contribution in [2.24, 2.45) is 0 Å². The van der Waals surface area contributed by atoms with Crippen molar-refractivity contribution in [2.45, 2.75) is 6.92 Å². The first kappa shape index (κ1) is 17.5. The van der Waals surface area contributed by atoms with E-state index in [-0.39, 0.29) is 0 Å². The monoisotopic (exact) mass is 410 g/mol. The summed E-state index contributed by atoms with van der Waals surface area (Å²) in [5, 5.41) is 18.3. The van der Waals surface area contributed by atoms with E-state index in [4.69, 9.17) is 16.7 Å². The van der Waals surface area contributed by atoms with Gasteiger partial charge in [0.2, 0.25) is 0 Å². The van der Waals surface area contributed by atoms with Crippen LogP contribution in [0.3, 0.4) is 0 Å². The zero-order valence-corrected chi connectivity index (χ0v) is 17.0. The highest BCUT2D eigenvalue weighted by Gasteiger charge is 2.21. The Bertz CT molecular complexity index is 1120. The summed E-state index contributed by atoms with van der Waals surface area (Å²) in [7, 11) is 0. The second-order valence-electron chi connectivity index (χ2n) is 6.90. The number of rotatable bonds is 3. The maximum absolute atomic E-state index is 6.20. The second-order valence-corrected chi connectivity index (χ2v) is 8.12. The minimum atomic E-state index is 0.762. The molecule has 3 aromatic heterocycles. The van der Waals surface area contributed by atoms with Crippen LogP contribution >= 0.6 is 22.9 Å². The minimum absolute atomic E-state index is 0.762. The van der Waals surface area contributed by atoms with Gasteiger partial charge in [0.15, 0.2) is 11.5 Å². The number of fused-ring (bicyclic) bond motifs is 1. The van der Waals surface area contributed by atoms with Gasteiger partial charge in [-0.05, 0) is 48.2 Å². The highest BCUT2D eigenvalue weighted by Crippen LogP contribution is 2.27. The lowest BCUT2D eigenvalue weighted by Gasteiger charge is -2.37. The Morgan fingerprint density at radius 3 is 2.57 bits per heavy atom. The standard InChI is InChI=1S/C20H19ClN6S/c1-14-2-3-16(21)12-17(14)25-7-9-26(10-8-25)19-5-4-18-22-23-20(27(18)24-19)15-6-11-28-13-15/h2-6,11-13H,7-10H2,1H3. The van der Waals surface area contributed by atoms with Gasteiger partial charge in [-0.15, -0.1) is 15.3 Å². The summed E-state index contributed by atoms with van der Waals surface area (Å²) in [5.41, 5.74) is 4.28.